The molecule has 5 aliphatic heterocycles. The summed E-state index contributed by atoms with van der Waals surface area (Å²) >= 11 is 0. The Labute approximate surface area is 203 Å². The Morgan fingerprint density at radius 1 is 0.971 bits per heavy atom. The molecule has 188 valence electrons. The van der Waals surface area contributed by atoms with E-state index in [9.17, 15) is 0 Å². The van der Waals surface area contributed by atoms with Gasteiger partial charge in [0.1, 0.15) is 5.75 Å². The van der Waals surface area contributed by atoms with Gasteiger partial charge in [-0.1, -0.05) is 32.9 Å². The van der Waals surface area contributed by atoms with Crippen molar-refractivity contribution in [1.82, 2.24) is 9.80 Å². The highest BCUT2D eigenvalue weighted by atomic mass is 17.3. The zero-order valence-corrected chi connectivity index (χ0v) is 21.1. The lowest BCUT2D eigenvalue weighted by molar-refractivity contribution is -0.614. The van der Waals surface area contributed by atoms with E-state index in [0.717, 1.165) is 57.9 Å². The SMILES string of the molecule is CCN1CCN(Cc2ccc(O[C@H]3O[C@@H]4O[C@]5(C)CC6[C@H](C)CCC([C@H]3C)[C@]64OO5)cc2)CC1. The highest BCUT2D eigenvalue weighted by molar-refractivity contribution is 5.27. The second-order valence-electron chi connectivity index (χ2n) is 11.4. The smallest absolute Gasteiger partial charge is 0.205 e. The van der Waals surface area contributed by atoms with Gasteiger partial charge in [0.05, 0.1) is 0 Å². The summed E-state index contributed by atoms with van der Waals surface area (Å²) in [6.07, 6.45) is 2.31. The van der Waals surface area contributed by atoms with E-state index in [2.05, 4.69) is 54.8 Å². The molecule has 0 N–H and O–H groups in total. The summed E-state index contributed by atoms with van der Waals surface area (Å²) in [5, 5.41) is 0. The molecule has 1 aromatic rings. The molecule has 1 spiro atoms. The molecule has 7 nitrogen and oxygen atoms in total. The molecule has 8 atom stereocenters. The van der Waals surface area contributed by atoms with Crippen molar-refractivity contribution in [3.8, 4) is 5.75 Å². The third-order valence-electron chi connectivity index (χ3n) is 9.27. The first-order valence-corrected chi connectivity index (χ1v) is 13.3. The van der Waals surface area contributed by atoms with Crippen LogP contribution in [0.25, 0.3) is 0 Å². The fourth-order valence-corrected chi connectivity index (χ4v) is 7.15. The van der Waals surface area contributed by atoms with Gasteiger partial charge in [0.15, 0.2) is 11.9 Å². The summed E-state index contributed by atoms with van der Waals surface area (Å²) in [4.78, 5) is 17.0. The van der Waals surface area contributed by atoms with Crippen LogP contribution in [0.2, 0.25) is 0 Å². The van der Waals surface area contributed by atoms with Crippen molar-refractivity contribution in [2.45, 2.75) is 77.5 Å². The van der Waals surface area contributed by atoms with E-state index in [-0.39, 0.29) is 18.1 Å². The standard InChI is InChI=1S/C27H40N2O5/c1-5-28-12-14-29(15-13-28)17-20-7-9-21(10-8-20)30-24-19(3)22-11-6-18(2)23-16-26(4)32-25(31-24)27(22,23)34-33-26/h7-10,18-19,22-25H,5-6,11-17H2,1-4H3/t18-,19-,22?,23?,24+,25-,26+,27+/m1/s1. The van der Waals surface area contributed by atoms with Crippen molar-refractivity contribution in [1.29, 1.82) is 0 Å². The summed E-state index contributed by atoms with van der Waals surface area (Å²) in [7, 11) is 0. The topological polar surface area (TPSA) is 52.6 Å². The Hall–Kier alpha value is -1.22. The Balaban J connectivity index is 1.13. The molecular weight excluding hydrogens is 432 g/mol. The lowest BCUT2D eigenvalue weighted by Crippen LogP contribution is -2.76. The Bertz CT molecular complexity index is 874. The zero-order chi connectivity index (χ0) is 23.5. The number of fused-ring (bicyclic) bond motifs is 1. The number of nitrogens with zero attached hydrogens (tertiary/aromatic N) is 2. The van der Waals surface area contributed by atoms with Gasteiger partial charge in [-0.2, -0.15) is 0 Å². The largest absolute Gasteiger partial charge is 0.465 e. The second kappa shape index (κ2) is 8.71. The molecule has 1 aliphatic carbocycles. The van der Waals surface area contributed by atoms with E-state index >= 15 is 0 Å². The summed E-state index contributed by atoms with van der Waals surface area (Å²) in [6, 6.07) is 8.54. The minimum atomic E-state index is -0.747. The van der Waals surface area contributed by atoms with Crippen molar-refractivity contribution < 1.29 is 24.0 Å². The molecule has 1 saturated carbocycles. The van der Waals surface area contributed by atoms with Gasteiger partial charge in [-0.05, 0) is 49.9 Å². The van der Waals surface area contributed by atoms with Crippen LogP contribution in [-0.2, 0) is 25.8 Å². The van der Waals surface area contributed by atoms with E-state index in [0.29, 0.717) is 11.8 Å². The van der Waals surface area contributed by atoms with Crippen LogP contribution in [0, 0.1) is 23.7 Å². The molecule has 1 aromatic carbocycles. The zero-order valence-electron chi connectivity index (χ0n) is 21.1. The predicted molar refractivity (Wildman–Crippen MR) is 127 cm³/mol. The van der Waals surface area contributed by atoms with Gasteiger partial charge in [-0.3, -0.25) is 4.90 Å². The normalized spacial score (nSPS) is 44.6. The molecule has 5 heterocycles. The van der Waals surface area contributed by atoms with Crippen molar-refractivity contribution >= 4 is 0 Å². The number of ether oxygens (including phenoxy) is 3. The van der Waals surface area contributed by atoms with Gasteiger partial charge in [0.25, 0.3) is 0 Å². The number of rotatable bonds is 5. The molecule has 0 amide bonds. The maximum Gasteiger partial charge on any atom is 0.205 e. The maximum absolute atomic E-state index is 6.49. The van der Waals surface area contributed by atoms with E-state index in [1.54, 1.807) is 0 Å². The number of hydrogen-bond acceptors (Lipinski definition) is 7. The number of hydrogen-bond donors (Lipinski definition) is 0. The second-order valence-corrected chi connectivity index (χ2v) is 11.4. The third-order valence-corrected chi connectivity index (χ3v) is 9.27. The number of benzene rings is 1. The first kappa shape index (κ1) is 23.2. The molecule has 5 saturated heterocycles. The highest BCUT2D eigenvalue weighted by Gasteiger charge is 2.72. The quantitative estimate of drug-likeness (QED) is 0.600. The molecule has 34 heavy (non-hydrogen) atoms. The Morgan fingerprint density at radius 2 is 1.71 bits per heavy atom. The first-order chi connectivity index (χ1) is 16.4. The van der Waals surface area contributed by atoms with E-state index < -0.39 is 17.7 Å². The van der Waals surface area contributed by atoms with Crippen molar-refractivity contribution in [2.75, 3.05) is 32.7 Å². The fourth-order valence-electron chi connectivity index (χ4n) is 7.15. The van der Waals surface area contributed by atoms with Crippen molar-refractivity contribution in [2.24, 2.45) is 23.7 Å². The predicted octanol–water partition coefficient (Wildman–Crippen LogP) is 4.02. The van der Waals surface area contributed by atoms with Crippen LogP contribution in [0.4, 0.5) is 0 Å². The van der Waals surface area contributed by atoms with Crippen molar-refractivity contribution in [3.05, 3.63) is 29.8 Å². The van der Waals surface area contributed by atoms with Gasteiger partial charge in [0.2, 0.25) is 12.1 Å². The Morgan fingerprint density at radius 3 is 2.44 bits per heavy atom. The molecule has 7 heteroatoms. The first-order valence-electron chi connectivity index (χ1n) is 13.3. The van der Waals surface area contributed by atoms with E-state index in [1.807, 2.05) is 6.92 Å². The summed E-state index contributed by atoms with van der Waals surface area (Å²) in [6.45, 7) is 15.5. The number of piperazine rings is 1. The molecule has 0 radical (unpaired) electrons. The highest BCUT2D eigenvalue weighted by Crippen LogP contribution is 2.62. The molecule has 6 aliphatic rings. The van der Waals surface area contributed by atoms with Crippen LogP contribution in [0.15, 0.2) is 24.3 Å². The average Bonchev–Trinajstić information content (AvgIpc) is 2.84. The van der Waals surface area contributed by atoms with Gasteiger partial charge in [0, 0.05) is 56.9 Å². The van der Waals surface area contributed by atoms with Crippen LogP contribution < -0.4 is 4.74 Å². The lowest BCUT2D eigenvalue weighted by atomic mass is 9.56. The maximum atomic E-state index is 6.49. The van der Waals surface area contributed by atoms with Crippen LogP contribution in [0.5, 0.6) is 5.75 Å². The molecule has 2 unspecified atom stereocenters. The fraction of sp³-hybridized carbons (Fsp3) is 0.778. The van der Waals surface area contributed by atoms with Gasteiger partial charge < -0.3 is 19.1 Å². The summed E-state index contributed by atoms with van der Waals surface area (Å²) in [5.74, 6) is 1.50. The van der Waals surface area contributed by atoms with Crippen LogP contribution in [0.3, 0.4) is 0 Å². The summed E-state index contributed by atoms with van der Waals surface area (Å²) in [5.41, 5.74) is 0.796. The van der Waals surface area contributed by atoms with E-state index in [1.165, 1.54) is 12.0 Å². The number of likely N-dealkylation sites (N-methyl/N-ethyl adjacent to an activating group) is 1. The molecule has 0 aromatic heterocycles. The third kappa shape index (κ3) is 3.80. The van der Waals surface area contributed by atoms with Gasteiger partial charge in [-0.25, -0.2) is 9.78 Å². The van der Waals surface area contributed by atoms with Gasteiger partial charge in [-0.15, -0.1) is 0 Å². The monoisotopic (exact) mass is 472 g/mol. The van der Waals surface area contributed by atoms with Crippen LogP contribution in [0.1, 0.15) is 52.5 Å². The summed E-state index contributed by atoms with van der Waals surface area (Å²) < 4.78 is 19.2. The molecule has 7 rings (SSSR count). The Kier molecular flexibility index (Phi) is 5.94. The average molecular weight is 473 g/mol. The van der Waals surface area contributed by atoms with Crippen molar-refractivity contribution in [3.63, 3.8) is 0 Å². The van der Waals surface area contributed by atoms with Gasteiger partial charge >= 0.3 is 0 Å². The lowest BCUT2D eigenvalue weighted by Gasteiger charge is -2.66. The van der Waals surface area contributed by atoms with Crippen LogP contribution >= 0.6 is 0 Å². The minimum Gasteiger partial charge on any atom is -0.465 e. The molecule has 2 bridgehead atoms. The van der Waals surface area contributed by atoms with Crippen LogP contribution in [-0.4, -0.2) is 66.5 Å². The molecule has 6 fully saturated rings. The van der Waals surface area contributed by atoms with E-state index in [4.69, 9.17) is 24.0 Å². The minimum absolute atomic E-state index is 0.176. The molecular formula is C27H40N2O5.